The molecule has 0 bridgehead atoms. The second-order valence-corrected chi connectivity index (χ2v) is 5.75. The normalized spacial score (nSPS) is 25.3. The third-order valence-corrected chi connectivity index (χ3v) is 4.64. The van der Waals surface area contributed by atoms with E-state index >= 15 is 0 Å². The van der Waals surface area contributed by atoms with Crippen molar-refractivity contribution in [1.82, 2.24) is 0 Å². The lowest BCUT2D eigenvalue weighted by Gasteiger charge is -2.22. The van der Waals surface area contributed by atoms with Crippen molar-refractivity contribution in [1.29, 1.82) is 0 Å². The van der Waals surface area contributed by atoms with E-state index < -0.39 is 17.2 Å². The highest BCUT2D eigenvalue weighted by atomic mass is 32.2. The first-order chi connectivity index (χ1) is 9.60. The minimum Gasteiger partial charge on any atom is -0.370 e. The summed E-state index contributed by atoms with van der Waals surface area (Å²) in [4.78, 5) is 25.9. The molecule has 0 radical (unpaired) electrons. The van der Waals surface area contributed by atoms with Gasteiger partial charge in [0.25, 0.3) is 0 Å². The molecular formula is C16H14O3S. The Bertz CT molecular complexity index is 672. The molecule has 3 rings (SSSR count). The van der Waals surface area contributed by atoms with E-state index in [4.69, 9.17) is 0 Å². The van der Waals surface area contributed by atoms with Crippen molar-refractivity contribution in [2.45, 2.75) is 23.3 Å². The number of rotatable bonds is 2. The van der Waals surface area contributed by atoms with Crippen molar-refractivity contribution < 1.29 is 14.7 Å². The molecular weight excluding hydrogens is 272 g/mol. The van der Waals surface area contributed by atoms with Gasteiger partial charge in [0.15, 0.2) is 0 Å². The Morgan fingerprint density at radius 1 is 1.20 bits per heavy atom. The summed E-state index contributed by atoms with van der Waals surface area (Å²) in [5.74, 6) is -0.946. The third kappa shape index (κ3) is 1.65. The topological polar surface area (TPSA) is 54.4 Å². The minimum atomic E-state index is -2.04. The van der Waals surface area contributed by atoms with Crippen LogP contribution in [0.15, 0.2) is 52.5 Å². The monoisotopic (exact) mass is 286 g/mol. The van der Waals surface area contributed by atoms with E-state index in [1.807, 2.05) is 24.5 Å². The number of hydrogen-bond donors (Lipinski definition) is 1. The second-order valence-electron chi connectivity index (χ2n) is 4.90. The van der Waals surface area contributed by atoms with Gasteiger partial charge < -0.3 is 5.11 Å². The molecule has 1 unspecified atom stereocenters. The number of aliphatic hydroxyl groups is 1. The lowest BCUT2D eigenvalue weighted by molar-refractivity contribution is -0.144. The Labute approximate surface area is 121 Å². The molecule has 0 aliphatic heterocycles. The van der Waals surface area contributed by atoms with Crippen LogP contribution in [0.4, 0.5) is 0 Å². The molecule has 0 amide bonds. The van der Waals surface area contributed by atoms with Crippen LogP contribution in [0.25, 0.3) is 0 Å². The van der Waals surface area contributed by atoms with E-state index in [9.17, 15) is 14.7 Å². The van der Waals surface area contributed by atoms with Crippen LogP contribution in [0.5, 0.6) is 0 Å². The lowest BCUT2D eigenvalue weighted by Crippen LogP contribution is -2.40. The van der Waals surface area contributed by atoms with Crippen LogP contribution in [0.3, 0.4) is 0 Å². The zero-order valence-corrected chi connectivity index (χ0v) is 11.9. The summed E-state index contributed by atoms with van der Waals surface area (Å²) >= 11 is 1.42. The highest BCUT2D eigenvalue weighted by Gasteiger charge is 2.54. The van der Waals surface area contributed by atoms with Gasteiger partial charge >= 0.3 is 0 Å². The van der Waals surface area contributed by atoms with Crippen molar-refractivity contribution in [2.75, 3.05) is 6.26 Å². The van der Waals surface area contributed by atoms with Crippen LogP contribution < -0.4 is 0 Å². The fourth-order valence-electron chi connectivity index (χ4n) is 2.82. The number of carbonyl (C=O) groups excluding carboxylic acids is 2. The summed E-state index contributed by atoms with van der Waals surface area (Å²) in [6.45, 7) is 0. The van der Waals surface area contributed by atoms with Gasteiger partial charge in [-0.1, -0.05) is 30.4 Å². The molecule has 2 aliphatic rings. The Hall–Kier alpha value is -1.65. The van der Waals surface area contributed by atoms with Gasteiger partial charge in [0.1, 0.15) is 0 Å². The average molecular weight is 286 g/mol. The van der Waals surface area contributed by atoms with Crippen LogP contribution in [-0.2, 0) is 15.2 Å². The van der Waals surface area contributed by atoms with Crippen molar-refractivity contribution in [2.24, 2.45) is 0 Å². The molecule has 0 aromatic heterocycles. The Balaban J connectivity index is 2.17. The zero-order chi connectivity index (χ0) is 14.3. The quantitative estimate of drug-likeness (QED) is 0.670. The van der Waals surface area contributed by atoms with E-state index in [0.29, 0.717) is 23.1 Å². The molecule has 0 saturated heterocycles. The van der Waals surface area contributed by atoms with Gasteiger partial charge in [-0.05, 0) is 25.2 Å². The maximum atomic E-state index is 12.6. The number of thioether (sulfide) groups is 1. The van der Waals surface area contributed by atoms with Gasteiger partial charge in [-0.25, -0.2) is 0 Å². The van der Waals surface area contributed by atoms with Gasteiger partial charge in [0.05, 0.1) is 0 Å². The molecule has 1 atom stereocenters. The average Bonchev–Trinajstić information content (AvgIpc) is 2.70. The summed E-state index contributed by atoms with van der Waals surface area (Å²) in [7, 11) is 0. The van der Waals surface area contributed by atoms with Gasteiger partial charge in [0.2, 0.25) is 17.2 Å². The molecule has 1 aromatic carbocycles. The highest BCUT2D eigenvalue weighted by Crippen LogP contribution is 2.43. The third-order valence-electron chi connectivity index (χ3n) is 3.84. The highest BCUT2D eigenvalue weighted by molar-refractivity contribution is 7.98. The predicted molar refractivity (Wildman–Crippen MR) is 77.5 cm³/mol. The molecule has 0 fully saturated rings. The van der Waals surface area contributed by atoms with E-state index in [-0.39, 0.29) is 0 Å². The number of benzene rings is 1. The summed E-state index contributed by atoms with van der Waals surface area (Å²) < 4.78 is 0. The molecule has 0 spiro atoms. The molecule has 1 N–H and O–H groups in total. The number of ketones is 2. The van der Waals surface area contributed by atoms with E-state index in [2.05, 4.69) is 0 Å². The van der Waals surface area contributed by atoms with Crippen LogP contribution in [-0.4, -0.2) is 22.9 Å². The van der Waals surface area contributed by atoms with Crippen LogP contribution in [0, 0.1) is 0 Å². The first kappa shape index (κ1) is 13.3. The molecule has 1 aromatic rings. The first-order valence-corrected chi connectivity index (χ1v) is 7.68. The Morgan fingerprint density at radius 2 is 1.95 bits per heavy atom. The summed E-state index contributed by atoms with van der Waals surface area (Å²) in [6, 6.07) is 7.03. The molecule has 0 saturated carbocycles. The van der Waals surface area contributed by atoms with Crippen molar-refractivity contribution in [3.8, 4) is 0 Å². The van der Waals surface area contributed by atoms with Crippen LogP contribution >= 0.6 is 11.8 Å². The molecule has 20 heavy (non-hydrogen) atoms. The van der Waals surface area contributed by atoms with Crippen LogP contribution in [0.2, 0.25) is 0 Å². The molecule has 3 nitrogen and oxygen atoms in total. The zero-order valence-electron chi connectivity index (χ0n) is 11.1. The summed E-state index contributed by atoms with van der Waals surface area (Å²) in [6.07, 6.45) is 6.66. The standard InChI is InChI=1S/C16H14O3S/c1-20-13-9-5-4-8-12(13)16(19)14(17)10-6-2-3-7-11(10)15(16)18/h2,4-6,8-9,19H,3,7H2,1H3. The number of Topliss-reactive ketones (excluding diaryl/α,β-unsaturated/α-hetero) is 2. The Kier molecular flexibility index (Phi) is 3.15. The van der Waals surface area contributed by atoms with Gasteiger partial charge in [0, 0.05) is 21.6 Å². The van der Waals surface area contributed by atoms with Crippen LogP contribution in [0.1, 0.15) is 18.4 Å². The lowest BCUT2D eigenvalue weighted by atomic mass is 9.87. The summed E-state index contributed by atoms with van der Waals surface area (Å²) in [5.41, 5.74) is -0.806. The maximum absolute atomic E-state index is 12.6. The summed E-state index contributed by atoms with van der Waals surface area (Å²) in [5, 5.41) is 10.9. The molecule has 2 aliphatic carbocycles. The number of hydrogen-bond acceptors (Lipinski definition) is 4. The predicted octanol–water partition coefficient (Wildman–Crippen LogP) is 2.39. The molecule has 4 heteroatoms. The van der Waals surface area contributed by atoms with E-state index in [1.165, 1.54) is 11.8 Å². The SMILES string of the molecule is CSc1ccccc1C1(O)C(=O)C2=C(CCC=C2)C1=O. The van der Waals surface area contributed by atoms with Crippen molar-refractivity contribution in [3.63, 3.8) is 0 Å². The van der Waals surface area contributed by atoms with Crippen molar-refractivity contribution in [3.05, 3.63) is 53.1 Å². The second kappa shape index (κ2) is 4.72. The fraction of sp³-hybridized carbons (Fsp3) is 0.250. The molecule has 0 heterocycles. The Morgan fingerprint density at radius 3 is 2.65 bits per heavy atom. The van der Waals surface area contributed by atoms with Crippen molar-refractivity contribution >= 4 is 23.3 Å². The van der Waals surface area contributed by atoms with Gasteiger partial charge in [-0.2, -0.15) is 0 Å². The number of allylic oxidation sites excluding steroid dienone is 2. The van der Waals surface area contributed by atoms with Gasteiger partial charge in [-0.3, -0.25) is 9.59 Å². The smallest absolute Gasteiger partial charge is 0.217 e. The molecule has 102 valence electrons. The maximum Gasteiger partial charge on any atom is 0.217 e. The fourth-order valence-corrected chi connectivity index (χ4v) is 3.47. The first-order valence-electron chi connectivity index (χ1n) is 6.46. The van der Waals surface area contributed by atoms with E-state index in [1.54, 1.807) is 18.2 Å². The van der Waals surface area contributed by atoms with Gasteiger partial charge in [-0.15, -0.1) is 11.8 Å². The van der Waals surface area contributed by atoms with E-state index in [0.717, 1.165) is 11.3 Å². The minimum absolute atomic E-state index is 0.375. The number of carbonyl (C=O) groups is 2. The largest absolute Gasteiger partial charge is 0.370 e.